The van der Waals surface area contributed by atoms with E-state index in [1.54, 1.807) is 18.0 Å². The second kappa shape index (κ2) is 9.71. The average Bonchev–Trinajstić information content (AvgIpc) is 3.67. The van der Waals surface area contributed by atoms with E-state index in [1.165, 1.54) is 4.90 Å². The Morgan fingerprint density at radius 3 is 2.59 bits per heavy atom. The summed E-state index contributed by atoms with van der Waals surface area (Å²) in [6.07, 6.45) is 5.74. The number of nitrogens with zero attached hydrogens (tertiary/aromatic N) is 4. The lowest BCUT2D eigenvalue weighted by atomic mass is 10.0. The third-order valence-electron chi connectivity index (χ3n) is 6.77. The summed E-state index contributed by atoms with van der Waals surface area (Å²) in [6.45, 7) is 2.74. The summed E-state index contributed by atoms with van der Waals surface area (Å²) in [7, 11) is 0. The van der Waals surface area contributed by atoms with Crippen molar-refractivity contribution in [2.24, 2.45) is 0 Å². The molecule has 0 fully saturated rings. The maximum atomic E-state index is 13.8. The van der Waals surface area contributed by atoms with Gasteiger partial charge in [-0.05, 0) is 67.3 Å². The summed E-state index contributed by atoms with van der Waals surface area (Å²) in [6, 6.07) is 25.9. The fraction of sp³-hybridized carbons (Fsp3) is 0.172. The first-order chi connectivity index (χ1) is 18.1. The zero-order valence-corrected chi connectivity index (χ0v) is 21.5. The van der Waals surface area contributed by atoms with Gasteiger partial charge in [0, 0.05) is 16.7 Å². The molecule has 2 amide bonds. The molecule has 8 heteroatoms. The molecule has 7 nitrogen and oxygen atoms in total. The van der Waals surface area contributed by atoms with Crippen molar-refractivity contribution in [3.63, 3.8) is 0 Å². The van der Waals surface area contributed by atoms with Gasteiger partial charge in [-0.3, -0.25) is 0 Å². The molecule has 4 heterocycles. The van der Waals surface area contributed by atoms with Gasteiger partial charge in [0.15, 0.2) is 0 Å². The largest absolute Gasteiger partial charge is 0.467 e. The maximum Gasteiger partial charge on any atom is 0.318 e. The fourth-order valence-electron chi connectivity index (χ4n) is 4.96. The molecule has 1 N–H and O–H groups in total. The molecular formula is C29H27N5O2S. The Morgan fingerprint density at radius 2 is 1.86 bits per heavy atom. The highest BCUT2D eigenvalue weighted by molar-refractivity contribution is 7.98. The summed E-state index contributed by atoms with van der Waals surface area (Å²) in [5, 5.41) is 7.97. The Bertz CT molecular complexity index is 1520. The van der Waals surface area contributed by atoms with Crippen molar-refractivity contribution in [2.45, 2.75) is 31.0 Å². The van der Waals surface area contributed by atoms with E-state index >= 15 is 0 Å². The molecule has 2 aromatic carbocycles. The molecule has 0 spiro atoms. The number of thioether (sulfide) groups is 1. The average molecular weight is 510 g/mol. The molecule has 1 aliphatic heterocycles. The number of hydrogen-bond acceptors (Lipinski definition) is 4. The number of hydrogen-bond donors (Lipinski definition) is 1. The number of furan rings is 1. The van der Waals surface area contributed by atoms with Crippen LogP contribution in [0, 0.1) is 6.92 Å². The number of rotatable bonds is 5. The maximum absolute atomic E-state index is 13.8. The molecule has 1 atom stereocenters. The number of aromatic nitrogens is 3. The van der Waals surface area contributed by atoms with Crippen molar-refractivity contribution in [3.8, 4) is 11.5 Å². The van der Waals surface area contributed by atoms with E-state index in [-0.39, 0.29) is 12.1 Å². The van der Waals surface area contributed by atoms with Crippen LogP contribution in [0.2, 0.25) is 0 Å². The number of carbonyl (C=O) groups is 1. The van der Waals surface area contributed by atoms with Crippen LogP contribution >= 0.6 is 11.8 Å². The Balaban J connectivity index is 1.49. The molecule has 0 bridgehead atoms. The van der Waals surface area contributed by atoms with E-state index in [1.807, 2.05) is 65.0 Å². The lowest BCUT2D eigenvalue weighted by molar-refractivity contribution is 0.179. The van der Waals surface area contributed by atoms with Crippen LogP contribution in [0.5, 0.6) is 0 Å². The standard InChI is InChI=1S/C29H27N5O2S/c1-20-25-19-33(29(35)30-18-23-10-7-17-36-23)27(21-12-14-24(37-2)15-13-21)26-11-6-16-32(26)28(25)34(31-20)22-8-4-3-5-9-22/h3-17,27H,18-19H2,1-2H3,(H,30,35)/t27-/m0/s1. The number of nitrogens with one attached hydrogen (secondary N) is 1. The number of urea groups is 1. The first-order valence-corrected chi connectivity index (χ1v) is 13.4. The van der Waals surface area contributed by atoms with Gasteiger partial charge in [-0.2, -0.15) is 5.10 Å². The van der Waals surface area contributed by atoms with Crippen molar-refractivity contribution in [1.29, 1.82) is 0 Å². The number of amides is 2. The van der Waals surface area contributed by atoms with Crippen LogP contribution in [0.25, 0.3) is 11.5 Å². The van der Waals surface area contributed by atoms with Gasteiger partial charge in [-0.15, -0.1) is 11.8 Å². The van der Waals surface area contributed by atoms with Crippen molar-refractivity contribution < 1.29 is 9.21 Å². The van der Waals surface area contributed by atoms with E-state index in [4.69, 9.17) is 9.52 Å². The van der Waals surface area contributed by atoms with Gasteiger partial charge in [-0.1, -0.05) is 30.3 Å². The number of carbonyl (C=O) groups excluding carboxylic acids is 1. The van der Waals surface area contributed by atoms with Crippen molar-refractivity contribution in [3.05, 3.63) is 120 Å². The minimum absolute atomic E-state index is 0.164. The van der Waals surface area contributed by atoms with Gasteiger partial charge < -0.3 is 19.2 Å². The highest BCUT2D eigenvalue weighted by atomic mass is 32.2. The van der Waals surface area contributed by atoms with E-state index in [0.29, 0.717) is 18.8 Å². The SMILES string of the molecule is CSc1ccc([C@H]2c3cccn3-c3c(c(C)nn3-c3ccccc3)CN2C(=O)NCc2ccco2)cc1. The van der Waals surface area contributed by atoms with Crippen molar-refractivity contribution >= 4 is 17.8 Å². The Morgan fingerprint density at radius 1 is 1.05 bits per heavy atom. The van der Waals surface area contributed by atoms with Gasteiger partial charge in [0.25, 0.3) is 0 Å². The molecule has 186 valence electrons. The molecule has 5 aromatic rings. The van der Waals surface area contributed by atoms with E-state index < -0.39 is 0 Å². The topological polar surface area (TPSA) is 68.2 Å². The normalized spacial score (nSPS) is 14.6. The highest BCUT2D eigenvalue weighted by Crippen LogP contribution is 2.38. The predicted molar refractivity (Wildman–Crippen MR) is 144 cm³/mol. The van der Waals surface area contributed by atoms with Crippen LogP contribution < -0.4 is 5.32 Å². The van der Waals surface area contributed by atoms with E-state index in [9.17, 15) is 4.79 Å². The van der Waals surface area contributed by atoms with Gasteiger partial charge in [0.05, 0.1) is 42.5 Å². The van der Waals surface area contributed by atoms with Crippen molar-refractivity contribution in [1.82, 2.24) is 24.6 Å². The second-order valence-electron chi connectivity index (χ2n) is 8.98. The highest BCUT2D eigenvalue weighted by Gasteiger charge is 2.36. The molecule has 3 aromatic heterocycles. The summed E-state index contributed by atoms with van der Waals surface area (Å²) >= 11 is 1.70. The smallest absolute Gasteiger partial charge is 0.318 e. The third-order valence-corrected chi connectivity index (χ3v) is 7.52. The molecule has 0 unspecified atom stereocenters. The summed E-state index contributed by atoms with van der Waals surface area (Å²) < 4.78 is 9.61. The lowest BCUT2D eigenvalue weighted by Gasteiger charge is -2.31. The van der Waals surface area contributed by atoms with E-state index in [2.05, 4.69) is 52.7 Å². The van der Waals surface area contributed by atoms with Gasteiger partial charge in [0.2, 0.25) is 0 Å². The number of fused-ring (bicyclic) bond motifs is 3. The first-order valence-electron chi connectivity index (χ1n) is 12.2. The summed E-state index contributed by atoms with van der Waals surface area (Å²) in [5.41, 5.74) is 4.93. The molecule has 0 saturated carbocycles. The quantitative estimate of drug-likeness (QED) is 0.291. The molecule has 0 aliphatic carbocycles. The van der Waals surface area contributed by atoms with Crippen LogP contribution in [0.3, 0.4) is 0 Å². The van der Waals surface area contributed by atoms with Gasteiger partial charge in [0.1, 0.15) is 11.6 Å². The number of benzene rings is 2. The Hall–Kier alpha value is -4.17. The van der Waals surface area contributed by atoms with Crippen LogP contribution in [0.1, 0.15) is 34.3 Å². The van der Waals surface area contributed by atoms with E-state index in [0.717, 1.165) is 34.0 Å². The monoisotopic (exact) mass is 509 g/mol. The second-order valence-corrected chi connectivity index (χ2v) is 9.86. The van der Waals surface area contributed by atoms with Gasteiger partial charge in [-0.25, -0.2) is 9.48 Å². The molecule has 6 rings (SSSR count). The molecule has 37 heavy (non-hydrogen) atoms. The van der Waals surface area contributed by atoms with Crippen LogP contribution in [-0.2, 0) is 13.1 Å². The summed E-state index contributed by atoms with van der Waals surface area (Å²) in [5.74, 6) is 1.66. The first kappa shape index (κ1) is 23.2. The molecule has 0 radical (unpaired) electrons. The lowest BCUT2D eigenvalue weighted by Crippen LogP contribution is -2.41. The summed E-state index contributed by atoms with van der Waals surface area (Å²) in [4.78, 5) is 16.9. The van der Waals surface area contributed by atoms with Crippen LogP contribution in [0.15, 0.2) is 101 Å². The van der Waals surface area contributed by atoms with Crippen molar-refractivity contribution in [2.75, 3.05) is 6.26 Å². The fourth-order valence-corrected chi connectivity index (χ4v) is 5.37. The molecule has 1 aliphatic rings. The van der Waals surface area contributed by atoms with Crippen LogP contribution in [-0.4, -0.2) is 31.5 Å². The Kier molecular flexibility index (Phi) is 6.10. The molecule has 0 saturated heterocycles. The minimum atomic E-state index is -0.293. The Labute approximate surface area is 219 Å². The molecular weight excluding hydrogens is 482 g/mol. The number of aryl methyl sites for hydroxylation is 1. The zero-order valence-electron chi connectivity index (χ0n) is 20.7. The zero-order chi connectivity index (χ0) is 25.4. The van der Waals surface area contributed by atoms with Gasteiger partial charge >= 0.3 is 6.03 Å². The third kappa shape index (κ3) is 4.23. The van der Waals surface area contributed by atoms with Crippen LogP contribution in [0.4, 0.5) is 4.79 Å². The minimum Gasteiger partial charge on any atom is -0.467 e. The number of para-hydroxylation sites is 1. The predicted octanol–water partition coefficient (Wildman–Crippen LogP) is 6.10.